The summed E-state index contributed by atoms with van der Waals surface area (Å²) >= 11 is 2.00. The van der Waals surface area contributed by atoms with Gasteiger partial charge in [0.25, 0.3) is 0 Å². The largest absolute Gasteiger partial charge is 0.357 e. The van der Waals surface area contributed by atoms with Gasteiger partial charge in [-0.15, -0.1) is 0 Å². The molecule has 2 rings (SSSR count). The fourth-order valence-electron chi connectivity index (χ4n) is 2.33. The van der Waals surface area contributed by atoms with Gasteiger partial charge < -0.3 is 10.2 Å². The SMILES string of the molecule is CCNCc1ccnc(N2CCC(SC)CC2)c1. The molecule has 3 nitrogen and oxygen atoms in total. The van der Waals surface area contributed by atoms with Crippen molar-refractivity contribution in [3.8, 4) is 0 Å². The van der Waals surface area contributed by atoms with Crippen LogP contribution in [0.2, 0.25) is 0 Å². The average Bonchev–Trinajstić information content (AvgIpc) is 2.45. The maximum atomic E-state index is 4.51. The normalized spacial score (nSPS) is 17.1. The molecule has 18 heavy (non-hydrogen) atoms. The highest BCUT2D eigenvalue weighted by molar-refractivity contribution is 7.99. The third-order valence-electron chi connectivity index (χ3n) is 3.49. The lowest BCUT2D eigenvalue weighted by molar-refractivity contribution is 0.586. The lowest BCUT2D eigenvalue weighted by Gasteiger charge is -2.32. The number of piperidine rings is 1. The molecule has 1 aliphatic rings. The standard InChI is InChI=1S/C14H23N3S/c1-3-15-11-12-4-7-16-14(10-12)17-8-5-13(18-2)6-9-17/h4,7,10,13,15H,3,5-6,8-9,11H2,1-2H3. The Hall–Kier alpha value is -0.740. The Morgan fingerprint density at radius 3 is 2.89 bits per heavy atom. The van der Waals surface area contributed by atoms with Crippen LogP contribution in [-0.4, -0.2) is 36.1 Å². The summed E-state index contributed by atoms with van der Waals surface area (Å²) in [7, 11) is 0. The van der Waals surface area contributed by atoms with E-state index < -0.39 is 0 Å². The highest BCUT2D eigenvalue weighted by Crippen LogP contribution is 2.24. The summed E-state index contributed by atoms with van der Waals surface area (Å²) in [5.74, 6) is 1.14. The van der Waals surface area contributed by atoms with Gasteiger partial charge in [-0.05, 0) is 43.3 Å². The fraction of sp³-hybridized carbons (Fsp3) is 0.643. The van der Waals surface area contributed by atoms with E-state index in [-0.39, 0.29) is 0 Å². The quantitative estimate of drug-likeness (QED) is 0.885. The van der Waals surface area contributed by atoms with Crippen LogP contribution in [0.25, 0.3) is 0 Å². The predicted molar refractivity (Wildman–Crippen MR) is 80.4 cm³/mol. The molecule has 0 atom stereocenters. The number of rotatable bonds is 5. The van der Waals surface area contributed by atoms with Crippen LogP contribution in [0.3, 0.4) is 0 Å². The van der Waals surface area contributed by atoms with Crippen molar-refractivity contribution in [1.29, 1.82) is 0 Å². The Kier molecular flexibility index (Phi) is 5.32. The van der Waals surface area contributed by atoms with E-state index in [0.29, 0.717) is 0 Å². The summed E-state index contributed by atoms with van der Waals surface area (Å²) in [6.45, 7) is 6.37. The Balaban J connectivity index is 1.96. The first kappa shape index (κ1) is 13.7. The van der Waals surface area contributed by atoms with Gasteiger partial charge in [-0.25, -0.2) is 4.98 Å². The number of nitrogens with one attached hydrogen (secondary N) is 1. The molecule has 4 heteroatoms. The molecule has 0 spiro atoms. The number of thioether (sulfide) groups is 1. The van der Waals surface area contributed by atoms with E-state index in [0.717, 1.165) is 37.2 Å². The van der Waals surface area contributed by atoms with E-state index >= 15 is 0 Å². The molecule has 1 aromatic heterocycles. The van der Waals surface area contributed by atoms with Gasteiger partial charge in [-0.2, -0.15) is 11.8 Å². The molecule has 0 amide bonds. The first-order chi connectivity index (χ1) is 8.83. The van der Waals surface area contributed by atoms with Crippen molar-refractivity contribution in [3.05, 3.63) is 23.9 Å². The minimum Gasteiger partial charge on any atom is -0.357 e. The number of nitrogens with zero attached hydrogens (tertiary/aromatic N) is 2. The average molecular weight is 265 g/mol. The van der Waals surface area contributed by atoms with Crippen molar-refractivity contribution in [2.75, 3.05) is 30.8 Å². The summed E-state index contributed by atoms with van der Waals surface area (Å²) in [6, 6.07) is 4.32. The molecule has 1 aliphatic heterocycles. The van der Waals surface area contributed by atoms with Crippen molar-refractivity contribution in [1.82, 2.24) is 10.3 Å². The van der Waals surface area contributed by atoms with E-state index in [9.17, 15) is 0 Å². The third-order valence-corrected chi connectivity index (χ3v) is 4.63. The predicted octanol–water partition coefficient (Wildman–Crippen LogP) is 2.52. The van der Waals surface area contributed by atoms with Crippen LogP contribution in [0, 0.1) is 0 Å². The Morgan fingerprint density at radius 1 is 1.44 bits per heavy atom. The molecule has 0 saturated carbocycles. The lowest BCUT2D eigenvalue weighted by atomic mass is 10.1. The van der Waals surface area contributed by atoms with E-state index in [1.165, 1.54) is 18.4 Å². The smallest absolute Gasteiger partial charge is 0.128 e. The van der Waals surface area contributed by atoms with Crippen molar-refractivity contribution in [3.63, 3.8) is 0 Å². The second-order valence-electron chi connectivity index (χ2n) is 4.72. The van der Waals surface area contributed by atoms with Crippen LogP contribution in [0.4, 0.5) is 5.82 Å². The second kappa shape index (κ2) is 7.00. The molecular weight excluding hydrogens is 242 g/mol. The minimum atomic E-state index is 0.839. The number of anilines is 1. The minimum absolute atomic E-state index is 0.839. The first-order valence-electron chi connectivity index (χ1n) is 6.77. The van der Waals surface area contributed by atoms with Gasteiger partial charge in [0.2, 0.25) is 0 Å². The molecule has 1 saturated heterocycles. The van der Waals surface area contributed by atoms with Crippen molar-refractivity contribution < 1.29 is 0 Å². The van der Waals surface area contributed by atoms with Crippen LogP contribution in [0.1, 0.15) is 25.3 Å². The maximum Gasteiger partial charge on any atom is 0.128 e. The Labute approximate surface area is 114 Å². The number of aromatic nitrogens is 1. The van der Waals surface area contributed by atoms with Gasteiger partial charge in [-0.1, -0.05) is 6.92 Å². The van der Waals surface area contributed by atoms with E-state index in [1.54, 1.807) is 0 Å². The van der Waals surface area contributed by atoms with Crippen LogP contribution in [-0.2, 0) is 6.54 Å². The number of pyridine rings is 1. The summed E-state index contributed by atoms with van der Waals surface area (Å²) in [5.41, 5.74) is 1.33. The summed E-state index contributed by atoms with van der Waals surface area (Å²) in [6.07, 6.45) is 6.71. The molecule has 0 aliphatic carbocycles. The maximum absolute atomic E-state index is 4.51. The molecular formula is C14H23N3S. The zero-order valence-corrected chi connectivity index (χ0v) is 12.2. The van der Waals surface area contributed by atoms with Crippen molar-refractivity contribution >= 4 is 17.6 Å². The lowest BCUT2D eigenvalue weighted by Crippen LogP contribution is -2.35. The molecule has 0 bridgehead atoms. The first-order valence-corrected chi connectivity index (χ1v) is 8.05. The zero-order chi connectivity index (χ0) is 12.8. The summed E-state index contributed by atoms with van der Waals surface area (Å²) < 4.78 is 0. The highest BCUT2D eigenvalue weighted by Gasteiger charge is 2.19. The Bertz CT molecular complexity index is 362. The van der Waals surface area contributed by atoms with E-state index in [2.05, 4.69) is 40.5 Å². The monoisotopic (exact) mass is 265 g/mol. The van der Waals surface area contributed by atoms with Crippen molar-refractivity contribution in [2.45, 2.75) is 31.6 Å². The van der Waals surface area contributed by atoms with Gasteiger partial charge in [0.15, 0.2) is 0 Å². The summed E-state index contributed by atoms with van der Waals surface area (Å²) in [5, 5.41) is 4.20. The number of hydrogen-bond donors (Lipinski definition) is 1. The topological polar surface area (TPSA) is 28.2 Å². The van der Waals surface area contributed by atoms with Crippen molar-refractivity contribution in [2.24, 2.45) is 0 Å². The van der Waals surface area contributed by atoms with Crippen LogP contribution in [0.5, 0.6) is 0 Å². The second-order valence-corrected chi connectivity index (χ2v) is 5.86. The van der Waals surface area contributed by atoms with Crippen LogP contribution < -0.4 is 10.2 Å². The number of hydrogen-bond acceptors (Lipinski definition) is 4. The highest BCUT2D eigenvalue weighted by atomic mass is 32.2. The van der Waals surface area contributed by atoms with Gasteiger partial charge >= 0.3 is 0 Å². The van der Waals surface area contributed by atoms with Gasteiger partial charge in [0.1, 0.15) is 5.82 Å². The third kappa shape index (κ3) is 3.62. The van der Waals surface area contributed by atoms with Crippen LogP contribution in [0.15, 0.2) is 18.3 Å². The van der Waals surface area contributed by atoms with E-state index in [4.69, 9.17) is 0 Å². The van der Waals surface area contributed by atoms with Crippen LogP contribution >= 0.6 is 11.8 Å². The van der Waals surface area contributed by atoms with Gasteiger partial charge in [0, 0.05) is 31.1 Å². The Morgan fingerprint density at radius 2 is 2.22 bits per heavy atom. The zero-order valence-electron chi connectivity index (χ0n) is 11.4. The molecule has 0 aromatic carbocycles. The van der Waals surface area contributed by atoms with Gasteiger partial charge in [-0.3, -0.25) is 0 Å². The molecule has 1 aromatic rings. The summed E-state index contributed by atoms with van der Waals surface area (Å²) in [4.78, 5) is 6.93. The van der Waals surface area contributed by atoms with Gasteiger partial charge in [0.05, 0.1) is 0 Å². The fourth-order valence-corrected chi connectivity index (χ4v) is 3.02. The van der Waals surface area contributed by atoms with E-state index in [1.807, 2.05) is 18.0 Å². The molecule has 1 N–H and O–H groups in total. The molecule has 2 heterocycles. The molecule has 1 fully saturated rings. The molecule has 0 unspecified atom stereocenters. The molecule has 0 radical (unpaired) electrons. The molecule has 100 valence electrons.